The Morgan fingerprint density at radius 1 is 1.35 bits per heavy atom. The van der Waals surface area contributed by atoms with E-state index in [9.17, 15) is 0 Å². The minimum absolute atomic E-state index is 0.952. The lowest BCUT2D eigenvalue weighted by Gasteiger charge is -2.08. The van der Waals surface area contributed by atoms with Crippen LogP contribution >= 0.6 is 27.3 Å². The Kier molecular flexibility index (Phi) is 4.83. The smallest absolute Gasteiger partial charge is 0.0702 e. The number of thiophene rings is 1. The van der Waals surface area contributed by atoms with Crippen molar-refractivity contribution in [3.05, 3.63) is 44.8 Å². The van der Waals surface area contributed by atoms with E-state index < -0.39 is 0 Å². The van der Waals surface area contributed by atoms with Crippen LogP contribution in [0.15, 0.2) is 34.2 Å². The molecule has 0 aliphatic rings. The molecule has 0 aliphatic heterocycles. The first-order valence-electron chi connectivity index (χ1n) is 5.88. The Labute approximate surface area is 115 Å². The van der Waals surface area contributed by atoms with E-state index in [-0.39, 0.29) is 0 Å². The molecule has 2 nitrogen and oxygen atoms in total. The van der Waals surface area contributed by atoms with Gasteiger partial charge < -0.3 is 9.88 Å². The summed E-state index contributed by atoms with van der Waals surface area (Å²) >= 11 is 5.30. The number of rotatable bonds is 6. The topological polar surface area (TPSA) is 17.0 Å². The summed E-state index contributed by atoms with van der Waals surface area (Å²) in [4.78, 5) is 1.38. The highest BCUT2D eigenvalue weighted by Crippen LogP contribution is 2.23. The van der Waals surface area contributed by atoms with Gasteiger partial charge in [-0.05, 0) is 53.2 Å². The monoisotopic (exact) mass is 312 g/mol. The molecule has 4 heteroatoms. The fourth-order valence-corrected chi connectivity index (χ4v) is 3.24. The standard InChI is InChI=1S/C13H17BrN2S/c1-2-7-15-9-11-4-3-8-16(11)10-12-5-6-13(14)17-12/h3-6,8,15H,2,7,9-10H2,1H3. The maximum absolute atomic E-state index is 3.50. The first-order chi connectivity index (χ1) is 8.29. The van der Waals surface area contributed by atoms with Gasteiger partial charge >= 0.3 is 0 Å². The third-order valence-electron chi connectivity index (χ3n) is 2.61. The molecule has 0 radical (unpaired) electrons. The lowest BCUT2D eigenvalue weighted by Crippen LogP contribution is -2.16. The lowest BCUT2D eigenvalue weighted by atomic mass is 10.4. The fraction of sp³-hybridized carbons (Fsp3) is 0.385. The van der Waals surface area contributed by atoms with Crippen LogP contribution in [0.5, 0.6) is 0 Å². The molecule has 0 atom stereocenters. The van der Waals surface area contributed by atoms with E-state index in [1.165, 1.54) is 20.8 Å². The second-order valence-corrected chi connectivity index (χ2v) is 6.56. The summed E-state index contributed by atoms with van der Waals surface area (Å²) in [6.07, 6.45) is 3.33. The van der Waals surface area contributed by atoms with Crippen LogP contribution in [0.2, 0.25) is 0 Å². The zero-order chi connectivity index (χ0) is 12.1. The predicted octanol–water partition coefficient (Wildman–Crippen LogP) is 3.86. The van der Waals surface area contributed by atoms with Gasteiger partial charge in [0.25, 0.3) is 0 Å². The predicted molar refractivity (Wildman–Crippen MR) is 77.6 cm³/mol. The lowest BCUT2D eigenvalue weighted by molar-refractivity contribution is 0.632. The highest BCUT2D eigenvalue weighted by Gasteiger charge is 2.03. The summed E-state index contributed by atoms with van der Waals surface area (Å²) in [6.45, 7) is 5.19. The van der Waals surface area contributed by atoms with E-state index in [0.717, 1.165) is 19.6 Å². The zero-order valence-corrected chi connectivity index (χ0v) is 12.4. The molecule has 0 fully saturated rings. The maximum atomic E-state index is 3.50. The van der Waals surface area contributed by atoms with Gasteiger partial charge in [-0.1, -0.05) is 6.92 Å². The molecule has 0 amide bonds. The Bertz CT molecular complexity index is 461. The average molecular weight is 313 g/mol. The highest BCUT2D eigenvalue weighted by molar-refractivity contribution is 9.11. The van der Waals surface area contributed by atoms with Crippen LogP contribution in [0.25, 0.3) is 0 Å². The minimum atomic E-state index is 0.952. The first-order valence-corrected chi connectivity index (χ1v) is 7.49. The number of hydrogen-bond donors (Lipinski definition) is 1. The molecular formula is C13H17BrN2S. The van der Waals surface area contributed by atoms with Crippen molar-refractivity contribution >= 4 is 27.3 Å². The molecule has 17 heavy (non-hydrogen) atoms. The minimum Gasteiger partial charge on any atom is -0.345 e. The Hall–Kier alpha value is -0.580. The van der Waals surface area contributed by atoms with Crippen LogP contribution in [0.1, 0.15) is 23.9 Å². The summed E-state index contributed by atoms with van der Waals surface area (Å²) in [5.41, 5.74) is 1.35. The molecule has 0 saturated heterocycles. The number of hydrogen-bond acceptors (Lipinski definition) is 2. The van der Waals surface area contributed by atoms with Gasteiger partial charge in [0, 0.05) is 23.3 Å². The first kappa shape index (κ1) is 12.9. The average Bonchev–Trinajstić information content (AvgIpc) is 2.90. The van der Waals surface area contributed by atoms with Gasteiger partial charge in [-0.2, -0.15) is 0 Å². The Morgan fingerprint density at radius 3 is 2.94 bits per heavy atom. The molecule has 0 saturated carbocycles. The second kappa shape index (κ2) is 6.38. The molecule has 92 valence electrons. The van der Waals surface area contributed by atoms with Crippen molar-refractivity contribution < 1.29 is 0 Å². The number of halogens is 1. The molecule has 0 aromatic carbocycles. The number of nitrogens with one attached hydrogen (secondary N) is 1. The quantitative estimate of drug-likeness (QED) is 0.801. The SMILES string of the molecule is CCCNCc1cccn1Cc1ccc(Br)s1. The van der Waals surface area contributed by atoms with Gasteiger partial charge in [-0.15, -0.1) is 11.3 Å². The Balaban J connectivity index is 1.98. The molecule has 2 rings (SSSR count). The van der Waals surface area contributed by atoms with Crippen LogP contribution in [-0.4, -0.2) is 11.1 Å². The van der Waals surface area contributed by atoms with Gasteiger partial charge in [0.1, 0.15) is 0 Å². The second-order valence-electron chi connectivity index (χ2n) is 4.01. The molecule has 0 spiro atoms. The van der Waals surface area contributed by atoms with E-state index in [1.54, 1.807) is 11.3 Å². The van der Waals surface area contributed by atoms with Crippen LogP contribution < -0.4 is 5.32 Å². The van der Waals surface area contributed by atoms with Crippen LogP contribution in [0.3, 0.4) is 0 Å². The van der Waals surface area contributed by atoms with Crippen LogP contribution in [-0.2, 0) is 13.1 Å². The van der Waals surface area contributed by atoms with Crippen molar-refractivity contribution in [3.63, 3.8) is 0 Å². The van der Waals surface area contributed by atoms with E-state index in [4.69, 9.17) is 0 Å². The summed E-state index contributed by atoms with van der Waals surface area (Å²) < 4.78 is 3.51. The van der Waals surface area contributed by atoms with E-state index in [2.05, 4.69) is 63.2 Å². The van der Waals surface area contributed by atoms with Crippen molar-refractivity contribution in [2.45, 2.75) is 26.4 Å². The summed E-state index contributed by atoms with van der Waals surface area (Å²) in [7, 11) is 0. The van der Waals surface area contributed by atoms with Crippen molar-refractivity contribution in [2.75, 3.05) is 6.54 Å². The molecule has 2 aromatic rings. The highest BCUT2D eigenvalue weighted by atomic mass is 79.9. The van der Waals surface area contributed by atoms with E-state index in [0.29, 0.717) is 0 Å². The van der Waals surface area contributed by atoms with Gasteiger partial charge in [0.15, 0.2) is 0 Å². The Morgan fingerprint density at radius 2 is 2.24 bits per heavy atom. The van der Waals surface area contributed by atoms with Crippen LogP contribution in [0.4, 0.5) is 0 Å². The van der Waals surface area contributed by atoms with Crippen molar-refractivity contribution in [3.8, 4) is 0 Å². The summed E-state index contributed by atoms with van der Waals surface area (Å²) in [5.74, 6) is 0. The number of nitrogens with zero attached hydrogens (tertiary/aromatic N) is 1. The molecular weight excluding hydrogens is 296 g/mol. The molecule has 0 unspecified atom stereocenters. The fourth-order valence-electron chi connectivity index (χ4n) is 1.76. The third-order valence-corrected chi connectivity index (χ3v) is 4.22. The van der Waals surface area contributed by atoms with E-state index in [1.807, 2.05) is 0 Å². The van der Waals surface area contributed by atoms with E-state index >= 15 is 0 Å². The third kappa shape index (κ3) is 3.69. The maximum Gasteiger partial charge on any atom is 0.0702 e. The van der Waals surface area contributed by atoms with Crippen molar-refractivity contribution in [2.24, 2.45) is 0 Å². The normalized spacial score (nSPS) is 10.9. The van der Waals surface area contributed by atoms with Crippen LogP contribution in [0, 0.1) is 0 Å². The molecule has 1 N–H and O–H groups in total. The number of aromatic nitrogens is 1. The van der Waals surface area contributed by atoms with Gasteiger partial charge in [-0.3, -0.25) is 0 Å². The molecule has 2 heterocycles. The molecule has 0 aliphatic carbocycles. The van der Waals surface area contributed by atoms with Gasteiger partial charge in [0.2, 0.25) is 0 Å². The molecule has 2 aromatic heterocycles. The van der Waals surface area contributed by atoms with Gasteiger partial charge in [-0.25, -0.2) is 0 Å². The zero-order valence-electron chi connectivity index (χ0n) is 9.95. The van der Waals surface area contributed by atoms with Gasteiger partial charge in [0.05, 0.1) is 10.3 Å². The summed E-state index contributed by atoms with van der Waals surface area (Å²) in [6, 6.07) is 8.59. The largest absolute Gasteiger partial charge is 0.345 e. The van der Waals surface area contributed by atoms with Crippen molar-refractivity contribution in [1.29, 1.82) is 0 Å². The van der Waals surface area contributed by atoms with Crippen molar-refractivity contribution in [1.82, 2.24) is 9.88 Å². The molecule has 0 bridgehead atoms. The summed E-state index contributed by atoms with van der Waals surface area (Å²) in [5, 5.41) is 3.44.